The van der Waals surface area contributed by atoms with Gasteiger partial charge < -0.3 is 24.8 Å². The van der Waals surface area contributed by atoms with Gasteiger partial charge in [0.05, 0.1) is 27.9 Å². The molecule has 2 N–H and O–H groups in total. The Balaban J connectivity index is 0.00000288. The lowest BCUT2D eigenvalue weighted by molar-refractivity contribution is 0.322. The van der Waals surface area contributed by atoms with Crippen LogP contribution in [0.3, 0.4) is 0 Å². The zero-order valence-corrected chi connectivity index (χ0v) is 17.0. The maximum absolute atomic E-state index is 6.16. The number of nitrogens with zero attached hydrogens (tertiary/aromatic N) is 2. The number of likely N-dealkylation sites (tertiary alicyclic amines) is 1. The lowest BCUT2D eigenvalue weighted by Gasteiger charge is -2.21. The summed E-state index contributed by atoms with van der Waals surface area (Å²) in [6.07, 6.45) is 4.90. The molecule has 7 heteroatoms. The summed E-state index contributed by atoms with van der Waals surface area (Å²) in [6, 6.07) is 3.79. The van der Waals surface area contributed by atoms with Crippen LogP contribution in [0.1, 0.15) is 31.2 Å². The van der Waals surface area contributed by atoms with E-state index >= 15 is 0 Å². The quantitative estimate of drug-likeness (QED) is 0.425. The number of methoxy groups -OCH3 is 3. The summed E-state index contributed by atoms with van der Waals surface area (Å²) < 4.78 is 16.2. The molecular formula is C17H28IN3O3. The fraction of sp³-hybridized carbons (Fsp3) is 0.588. The zero-order valence-electron chi connectivity index (χ0n) is 14.7. The fourth-order valence-electron chi connectivity index (χ4n) is 2.85. The molecule has 24 heavy (non-hydrogen) atoms. The van der Waals surface area contributed by atoms with E-state index in [1.54, 1.807) is 21.3 Å². The second-order valence-electron chi connectivity index (χ2n) is 5.57. The molecule has 0 bridgehead atoms. The molecule has 1 aliphatic rings. The van der Waals surface area contributed by atoms with E-state index in [4.69, 9.17) is 19.9 Å². The third-order valence-corrected chi connectivity index (χ3v) is 4.13. The first-order chi connectivity index (χ1) is 11.2. The van der Waals surface area contributed by atoms with Gasteiger partial charge >= 0.3 is 0 Å². The Morgan fingerprint density at radius 1 is 1.00 bits per heavy atom. The van der Waals surface area contributed by atoms with Gasteiger partial charge in [-0.25, -0.2) is 4.99 Å². The number of ether oxygens (including phenoxy) is 3. The number of guanidine groups is 1. The number of nitrogens with two attached hydrogens (primary N) is 1. The number of aliphatic imine (C=N–C) groups is 1. The molecule has 0 spiro atoms. The smallest absolute Gasteiger partial charge is 0.203 e. The van der Waals surface area contributed by atoms with E-state index in [9.17, 15) is 0 Å². The first-order valence-corrected chi connectivity index (χ1v) is 8.04. The van der Waals surface area contributed by atoms with E-state index in [1.807, 2.05) is 12.1 Å². The standard InChI is InChI=1S/C17H27N3O3.HI/c1-21-14-9-8-13(15(22-2)16(14)23-3)12-19-17(18)20-10-6-4-5-7-11-20;/h8-9H,4-7,10-12H2,1-3H3,(H2,18,19);1H. The average Bonchev–Trinajstić information content (AvgIpc) is 2.87. The van der Waals surface area contributed by atoms with Crippen molar-refractivity contribution in [3.05, 3.63) is 17.7 Å². The van der Waals surface area contributed by atoms with Crippen LogP contribution < -0.4 is 19.9 Å². The van der Waals surface area contributed by atoms with Crippen molar-refractivity contribution in [3.63, 3.8) is 0 Å². The van der Waals surface area contributed by atoms with Crippen molar-refractivity contribution in [2.45, 2.75) is 32.2 Å². The van der Waals surface area contributed by atoms with Crippen LogP contribution in [0.2, 0.25) is 0 Å². The minimum atomic E-state index is 0. The predicted molar refractivity (Wildman–Crippen MR) is 107 cm³/mol. The first-order valence-electron chi connectivity index (χ1n) is 8.04. The Bertz CT molecular complexity index is 544. The Kier molecular flexibility index (Phi) is 9.02. The maximum atomic E-state index is 6.16. The summed E-state index contributed by atoms with van der Waals surface area (Å²) in [6.45, 7) is 2.42. The Morgan fingerprint density at radius 3 is 2.17 bits per heavy atom. The van der Waals surface area contributed by atoms with Crippen LogP contribution in [-0.2, 0) is 6.54 Å². The van der Waals surface area contributed by atoms with Crippen LogP contribution in [-0.4, -0.2) is 45.3 Å². The van der Waals surface area contributed by atoms with Gasteiger partial charge in [-0.2, -0.15) is 0 Å². The van der Waals surface area contributed by atoms with E-state index in [0.717, 1.165) is 18.7 Å². The van der Waals surface area contributed by atoms with Crippen LogP contribution in [0.15, 0.2) is 17.1 Å². The van der Waals surface area contributed by atoms with Crippen LogP contribution in [0, 0.1) is 0 Å². The second kappa shape index (κ2) is 10.5. The normalized spacial score (nSPS) is 15.3. The van der Waals surface area contributed by atoms with Gasteiger partial charge in [0.25, 0.3) is 0 Å². The van der Waals surface area contributed by atoms with Gasteiger partial charge in [0.1, 0.15) is 0 Å². The van der Waals surface area contributed by atoms with Crippen LogP contribution in [0.25, 0.3) is 0 Å². The number of benzene rings is 1. The number of hydrogen-bond donors (Lipinski definition) is 1. The molecule has 0 saturated carbocycles. The van der Waals surface area contributed by atoms with E-state index in [-0.39, 0.29) is 24.0 Å². The van der Waals surface area contributed by atoms with Crippen molar-refractivity contribution in [2.24, 2.45) is 10.7 Å². The molecule has 2 rings (SSSR count). The molecule has 136 valence electrons. The van der Waals surface area contributed by atoms with Crippen molar-refractivity contribution in [1.82, 2.24) is 4.90 Å². The topological polar surface area (TPSA) is 69.3 Å². The van der Waals surface area contributed by atoms with Gasteiger partial charge in [0.15, 0.2) is 17.5 Å². The highest BCUT2D eigenvalue weighted by atomic mass is 127. The number of hydrogen-bond acceptors (Lipinski definition) is 4. The summed E-state index contributed by atoms with van der Waals surface area (Å²) in [4.78, 5) is 6.71. The Morgan fingerprint density at radius 2 is 1.62 bits per heavy atom. The third kappa shape index (κ3) is 5.06. The SMILES string of the molecule is COc1ccc(CN=C(N)N2CCCCCC2)c(OC)c1OC.I. The molecule has 1 aliphatic heterocycles. The van der Waals surface area contributed by atoms with Crippen molar-refractivity contribution >= 4 is 29.9 Å². The van der Waals surface area contributed by atoms with Crippen LogP contribution in [0.4, 0.5) is 0 Å². The predicted octanol–water partition coefficient (Wildman–Crippen LogP) is 3.02. The van der Waals surface area contributed by atoms with Crippen LogP contribution >= 0.6 is 24.0 Å². The summed E-state index contributed by atoms with van der Waals surface area (Å²) in [5, 5.41) is 0. The van der Waals surface area contributed by atoms with Crippen molar-refractivity contribution in [3.8, 4) is 17.2 Å². The molecule has 0 aromatic heterocycles. The average molecular weight is 449 g/mol. The third-order valence-electron chi connectivity index (χ3n) is 4.13. The van der Waals surface area contributed by atoms with E-state index in [0.29, 0.717) is 29.8 Å². The van der Waals surface area contributed by atoms with Crippen LogP contribution in [0.5, 0.6) is 17.2 Å². The summed E-state index contributed by atoms with van der Waals surface area (Å²) in [7, 11) is 4.81. The minimum absolute atomic E-state index is 0. The zero-order chi connectivity index (χ0) is 16.7. The van der Waals surface area contributed by atoms with Gasteiger partial charge in [0, 0.05) is 18.7 Å². The van der Waals surface area contributed by atoms with E-state index in [1.165, 1.54) is 25.7 Å². The molecule has 1 saturated heterocycles. The van der Waals surface area contributed by atoms with Gasteiger partial charge in [-0.15, -0.1) is 24.0 Å². The van der Waals surface area contributed by atoms with Crippen molar-refractivity contribution in [2.75, 3.05) is 34.4 Å². The number of halogens is 1. The fourth-order valence-corrected chi connectivity index (χ4v) is 2.85. The van der Waals surface area contributed by atoms with Crippen molar-refractivity contribution < 1.29 is 14.2 Å². The molecular weight excluding hydrogens is 421 g/mol. The summed E-state index contributed by atoms with van der Waals surface area (Å²) in [5.41, 5.74) is 7.08. The summed E-state index contributed by atoms with van der Waals surface area (Å²) >= 11 is 0. The monoisotopic (exact) mass is 449 g/mol. The second-order valence-corrected chi connectivity index (χ2v) is 5.57. The van der Waals surface area contributed by atoms with E-state index in [2.05, 4.69) is 9.89 Å². The maximum Gasteiger partial charge on any atom is 0.203 e. The molecule has 0 atom stereocenters. The van der Waals surface area contributed by atoms with Gasteiger partial charge in [0.2, 0.25) is 5.75 Å². The highest BCUT2D eigenvalue weighted by Gasteiger charge is 2.16. The molecule has 1 heterocycles. The van der Waals surface area contributed by atoms with Gasteiger partial charge in [-0.05, 0) is 25.0 Å². The molecule has 0 radical (unpaired) electrons. The lowest BCUT2D eigenvalue weighted by Crippen LogP contribution is -2.38. The lowest BCUT2D eigenvalue weighted by atomic mass is 10.1. The Labute approximate surface area is 161 Å². The highest BCUT2D eigenvalue weighted by Crippen LogP contribution is 2.39. The Hall–Kier alpha value is -1.38. The first kappa shape index (κ1) is 20.7. The molecule has 0 amide bonds. The highest BCUT2D eigenvalue weighted by molar-refractivity contribution is 14.0. The summed E-state index contributed by atoms with van der Waals surface area (Å²) in [5.74, 6) is 2.46. The van der Waals surface area contributed by atoms with Crippen molar-refractivity contribution in [1.29, 1.82) is 0 Å². The van der Waals surface area contributed by atoms with Gasteiger partial charge in [-0.1, -0.05) is 12.8 Å². The molecule has 1 aromatic rings. The molecule has 1 aromatic carbocycles. The van der Waals surface area contributed by atoms with Gasteiger partial charge in [-0.3, -0.25) is 0 Å². The molecule has 1 fully saturated rings. The molecule has 0 aliphatic carbocycles. The molecule has 6 nitrogen and oxygen atoms in total. The molecule has 0 unspecified atom stereocenters. The minimum Gasteiger partial charge on any atom is -0.493 e. The van der Waals surface area contributed by atoms with E-state index < -0.39 is 0 Å². The number of rotatable bonds is 5. The largest absolute Gasteiger partial charge is 0.493 e.